The van der Waals surface area contributed by atoms with Crippen LogP contribution in [0.3, 0.4) is 0 Å². The molecular weight excluding hydrogens is 422 g/mol. The number of carbonyl (C=O) groups is 2. The van der Waals surface area contributed by atoms with Crippen LogP contribution in [0.4, 0.5) is 5.69 Å². The number of aryl methyl sites for hydroxylation is 1. The van der Waals surface area contributed by atoms with Crippen LogP contribution in [0.15, 0.2) is 66.7 Å². The number of nitrogens with zero attached hydrogens (tertiary/aromatic N) is 1. The van der Waals surface area contributed by atoms with Gasteiger partial charge in [0.1, 0.15) is 5.75 Å². The molecule has 34 heavy (non-hydrogen) atoms. The van der Waals surface area contributed by atoms with E-state index >= 15 is 0 Å². The van der Waals surface area contributed by atoms with Gasteiger partial charge in [-0.2, -0.15) is 0 Å². The molecule has 0 spiro atoms. The molecular formula is C30H29NO3. The molecule has 1 aliphatic heterocycles. The SMILES string of the molecule is CCCCOc1ccc(N2C(=O)C3C4c5ccccc5C(c5cc(CC)ccc54)C3C2=O)cc1. The molecule has 3 aromatic rings. The number of carbonyl (C=O) groups excluding carboxylic acids is 2. The molecule has 0 aromatic heterocycles. The van der Waals surface area contributed by atoms with Gasteiger partial charge in [-0.05, 0) is 64.9 Å². The zero-order chi connectivity index (χ0) is 23.4. The van der Waals surface area contributed by atoms with E-state index in [0.717, 1.165) is 25.0 Å². The number of ether oxygens (including phenoxy) is 1. The molecule has 0 N–H and O–H groups in total. The monoisotopic (exact) mass is 451 g/mol. The largest absolute Gasteiger partial charge is 0.494 e. The third kappa shape index (κ3) is 2.97. The Hall–Kier alpha value is -3.40. The van der Waals surface area contributed by atoms with Crippen molar-refractivity contribution >= 4 is 17.5 Å². The third-order valence-corrected chi connectivity index (χ3v) is 7.87. The summed E-state index contributed by atoms with van der Waals surface area (Å²) in [6, 6.07) is 22.4. The predicted octanol–water partition coefficient (Wildman–Crippen LogP) is 5.82. The molecule has 172 valence electrons. The number of imide groups is 1. The van der Waals surface area contributed by atoms with E-state index in [4.69, 9.17) is 4.74 Å². The summed E-state index contributed by atoms with van der Waals surface area (Å²) in [6.07, 6.45) is 3.02. The molecule has 4 heteroatoms. The van der Waals surface area contributed by atoms with E-state index in [1.165, 1.54) is 32.7 Å². The topological polar surface area (TPSA) is 46.6 Å². The summed E-state index contributed by atoms with van der Waals surface area (Å²) >= 11 is 0. The molecule has 7 rings (SSSR count). The summed E-state index contributed by atoms with van der Waals surface area (Å²) in [5.41, 5.74) is 6.75. The van der Waals surface area contributed by atoms with Gasteiger partial charge >= 0.3 is 0 Å². The Balaban J connectivity index is 1.41. The number of benzene rings is 3. The summed E-state index contributed by atoms with van der Waals surface area (Å²) in [7, 11) is 0. The van der Waals surface area contributed by atoms with Crippen molar-refractivity contribution < 1.29 is 14.3 Å². The van der Waals surface area contributed by atoms with Gasteiger partial charge in [0.05, 0.1) is 24.1 Å². The summed E-state index contributed by atoms with van der Waals surface area (Å²) in [6.45, 7) is 4.95. The normalized spacial score (nSPS) is 24.1. The molecule has 4 nitrogen and oxygen atoms in total. The van der Waals surface area contributed by atoms with E-state index in [2.05, 4.69) is 44.2 Å². The molecule has 1 fully saturated rings. The van der Waals surface area contributed by atoms with Crippen molar-refractivity contribution in [2.45, 2.75) is 44.9 Å². The van der Waals surface area contributed by atoms with Crippen LogP contribution in [-0.4, -0.2) is 18.4 Å². The molecule has 2 amide bonds. The van der Waals surface area contributed by atoms with Gasteiger partial charge in [0, 0.05) is 11.8 Å². The van der Waals surface area contributed by atoms with E-state index in [0.29, 0.717) is 12.3 Å². The van der Waals surface area contributed by atoms with Crippen molar-refractivity contribution in [1.82, 2.24) is 0 Å². The first kappa shape index (κ1) is 21.2. The molecule has 0 radical (unpaired) electrons. The van der Waals surface area contributed by atoms with E-state index in [1.807, 2.05) is 36.4 Å². The van der Waals surface area contributed by atoms with Crippen molar-refractivity contribution in [3.63, 3.8) is 0 Å². The summed E-state index contributed by atoms with van der Waals surface area (Å²) in [5, 5.41) is 0. The van der Waals surface area contributed by atoms with Crippen LogP contribution in [0.2, 0.25) is 0 Å². The molecule has 3 aromatic carbocycles. The van der Waals surface area contributed by atoms with E-state index in [-0.39, 0.29) is 35.5 Å². The van der Waals surface area contributed by atoms with Crippen molar-refractivity contribution in [3.8, 4) is 5.75 Å². The molecule has 4 atom stereocenters. The second-order valence-corrected chi connectivity index (χ2v) is 9.66. The Morgan fingerprint density at radius 2 is 1.38 bits per heavy atom. The maximum Gasteiger partial charge on any atom is 0.238 e. The van der Waals surface area contributed by atoms with Gasteiger partial charge in [0.25, 0.3) is 0 Å². The average Bonchev–Trinajstić information content (AvgIpc) is 3.14. The highest BCUT2D eigenvalue weighted by Gasteiger charge is 2.61. The molecule has 1 heterocycles. The van der Waals surface area contributed by atoms with Gasteiger partial charge in [-0.3, -0.25) is 9.59 Å². The number of amides is 2. The number of hydrogen-bond acceptors (Lipinski definition) is 3. The highest BCUT2D eigenvalue weighted by atomic mass is 16.5. The van der Waals surface area contributed by atoms with Gasteiger partial charge in [0.15, 0.2) is 0 Å². The van der Waals surface area contributed by atoms with Crippen LogP contribution in [0, 0.1) is 11.8 Å². The zero-order valence-corrected chi connectivity index (χ0v) is 19.7. The van der Waals surface area contributed by atoms with Crippen LogP contribution < -0.4 is 9.64 Å². The molecule has 3 aliphatic carbocycles. The molecule has 1 saturated heterocycles. The highest BCUT2D eigenvalue weighted by Crippen LogP contribution is 2.61. The second kappa shape index (κ2) is 8.12. The maximum absolute atomic E-state index is 13.9. The van der Waals surface area contributed by atoms with Crippen LogP contribution >= 0.6 is 0 Å². The minimum Gasteiger partial charge on any atom is -0.494 e. The van der Waals surface area contributed by atoms with E-state index in [1.54, 1.807) is 0 Å². The highest BCUT2D eigenvalue weighted by molar-refractivity contribution is 6.23. The summed E-state index contributed by atoms with van der Waals surface area (Å²) in [5.74, 6) is -0.256. The first-order valence-corrected chi connectivity index (χ1v) is 12.5. The summed E-state index contributed by atoms with van der Waals surface area (Å²) < 4.78 is 5.77. The number of hydrogen-bond donors (Lipinski definition) is 0. The predicted molar refractivity (Wildman–Crippen MR) is 132 cm³/mol. The van der Waals surface area contributed by atoms with Gasteiger partial charge in [0.2, 0.25) is 11.8 Å². The van der Waals surface area contributed by atoms with Crippen molar-refractivity contribution in [2.24, 2.45) is 11.8 Å². The zero-order valence-electron chi connectivity index (χ0n) is 19.7. The van der Waals surface area contributed by atoms with Crippen molar-refractivity contribution in [1.29, 1.82) is 0 Å². The lowest BCUT2D eigenvalue weighted by atomic mass is 9.55. The Bertz CT molecular complexity index is 1280. The lowest BCUT2D eigenvalue weighted by molar-refractivity contribution is -0.122. The smallest absolute Gasteiger partial charge is 0.238 e. The lowest BCUT2D eigenvalue weighted by Gasteiger charge is -2.46. The van der Waals surface area contributed by atoms with Crippen LogP contribution in [0.1, 0.15) is 66.3 Å². The fraction of sp³-hybridized carbons (Fsp3) is 0.333. The second-order valence-electron chi connectivity index (χ2n) is 9.66. The fourth-order valence-electron chi connectivity index (χ4n) is 6.28. The Kier molecular flexibility index (Phi) is 5.05. The Morgan fingerprint density at radius 1 is 0.765 bits per heavy atom. The lowest BCUT2D eigenvalue weighted by Crippen LogP contribution is -2.41. The van der Waals surface area contributed by atoms with Crippen LogP contribution in [-0.2, 0) is 16.0 Å². The fourth-order valence-corrected chi connectivity index (χ4v) is 6.28. The minimum atomic E-state index is -0.354. The van der Waals surface area contributed by atoms with Gasteiger partial charge < -0.3 is 4.74 Å². The van der Waals surface area contributed by atoms with E-state index in [9.17, 15) is 9.59 Å². The maximum atomic E-state index is 13.9. The number of unbranched alkanes of at least 4 members (excludes halogenated alkanes) is 1. The molecule has 2 bridgehead atoms. The van der Waals surface area contributed by atoms with Gasteiger partial charge in [-0.1, -0.05) is 62.7 Å². The number of rotatable bonds is 6. The van der Waals surface area contributed by atoms with Crippen LogP contribution in [0.5, 0.6) is 5.75 Å². The van der Waals surface area contributed by atoms with Gasteiger partial charge in [-0.25, -0.2) is 4.90 Å². The van der Waals surface area contributed by atoms with Gasteiger partial charge in [-0.15, -0.1) is 0 Å². The quantitative estimate of drug-likeness (QED) is 0.350. The van der Waals surface area contributed by atoms with Crippen molar-refractivity contribution in [2.75, 3.05) is 11.5 Å². The first-order valence-electron chi connectivity index (χ1n) is 12.5. The number of anilines is 1. The molecule has 0 saturated carbocycles. The molecule has 4 aliphatic rings. The van der Waals surface area contributed by atoms with Crippen molar-refractivity contribution in [3.05, 3.63) is 94.5 Å². The first-order chi connectivity index (χ1) is 16.6. The summed E-state index contributed by atoms with van der Waals surface area (Å²) in [4.78, 5) is 29.2. The third-order valence-electron chi connectivity index (χ3n) is 7.87. The molecule has 4 unspecified atom stereocenters. The van der Waals surface area contributed by atoms with Crippen LogP contribution in [0.25, 0.3) is 0 Å². The Labute approximate surface area is 200 Å². The average molecular weight is 452 g/mol. The van der Waals surface area contributed by atoms with E-state index < -0.39 is 0 Å². The minimum absolute atomic E-state index is 0.0771. The standard InChI is InChI=1S/C30H29NO3/c1-3-5-16-34-20-13-11-19(12-14-20)31-29(32)27-25-21-8-6-7-9-22(21)26(28(27)30(31)33)24-17-18(4-2)10-15-23(24)25/h6-15,17,25-28H,3-5,16H2,1-2H3. The Morgan fingerprint density at radius 3 is 2.00 bits per heavy atom.